The zero-order valence-corrected chi connectivity index (χ0v) is 8.70. The van der Waals surface area contributed by atoms with Gasteiger partial charge >= 0.3 is 0 Å². The first kappa shape index (κ1) is 9.93. The lowest BCUT2D eigenvalue weighted by Gasteiger charge is -2.09. The SMILES string of the molecule is CCNc1cc(CO)nc2ccccc12. The molecule has 2 N–H and O–H groups in total. The van der Waals surface area contributed by atoms with Gasteiger partial charge in [-0.25, -0.2) is 0 Å². The molecule has 0 spiro atoms. The number of pyridine rings is 1. The molecule has 0 saturated carbocycles. The molecule has 3 heteroatoms. The van der Waals surface area contributed by atoms with Gasteiger partial charge in [0.25, 0.3) is 0 Å². The molecule has 78 valence electrons. The highest BCUT2D eigenvalue weighted by molar-refractivity contribution is 5.91. The second-order valence-corrected chi connectivity index (χ2v) is 3.37. The standard InChI is InChI=1S/C12H14N2O/c1-2-13-12-7-9(8-15)14-11-6-4-3-5-10(11)12/h3-7,15H,2,8H2,1H3,(H,13,14). The van der Waals surface area contributed by atoms with Gasteiger partial charge in [-0.1, -0.05) is 18.2 Å². The highest BCUT2D eigenvalue weighted by Gasteiger charge is 2.03. The smallest absolute Gasteiger partial charge is 0.0854 e. The highest BCUT2D eigenvalue weighted by Crippen LogP contribution is 2.22. The van der Waals surface area contributed by atoms with Gasteiger partial charge in [0.15, 0.2) is 0 Å². The van der Waals surface area contributed by atoms with Gasteiger partial charge in [-0.05, 0) is 19.1 Å². The number of aliphatic hydroxyl groups excluding tert-OH is 1. The Morgan fingerprint density at radius 3 is 2.87 bits per heavy atom. The average molecular weight is 202 g/mol. The Balaban J connectivity index is 2.63. The Hall–Kier alpha value is -1.61. The van der Waals surface area contributed by atoms with Crippen molar-refractivity contribution >= 4 is 16.6 Å². The maximum atomic E-state index is 9.10. The molecule has 0 amide bonds. The van der Waals surface area contributed by atoms with Crippen molar-refractivity contribution in [1.29, 1.82) is 0 Å². The number of nitrogens with zero attached hydrogens (tertiary/aromatic N) is 1. The van der Waals surface area contributed by atoms with Crippen LogP contribution >= 0.6 is 0 Å². The molecule has 0 radical (unpaired) electrons. The Morgan fingerprint density at radius 2 is 2.13 bits per heavy atom. The number of benzene rings is 1. The van der Waals surface area contributed by atoms with Crippen LogP contribution in [0.5, 0.6) is 0 Å². The van der Waals surface area contributed by atoms with Crippen LogP contribution in [0.4, 0.5) is 5.69 Å². The zero-order chi connectivity index (χ0) is 10.7. The van der Waals surface area contributed by atoms with Gasteiger partial charge in [0.05, 0.1) is 17.8 Å². The minimum absolute atomic E-state index is 0.0246. The number of hydrogen-bond acceptors (Lipinski definition) is 3. The molecular weight excluding hydrogens is 188 g/mol. The fourth-order valence-electron chi connectivity index (χ4n) is 1.65. The minimum atomic E-state index is -0.0246. The van der Waals surface area contributed by atoms with Crippen molar-refractivity contribution < 1.29 is 5.11 Å². The van der Waals surface area contributed by atoms with Crippen LogP contribution in [0.3, 0.4) is 0 Å². The van der Waals surface area contributed by atoms with E-state index < -0.39 is 0 Å². The minimum Gasteiger partial charge on any atom is -0.390 e. The number of aromatic nitrogens is 1. The lowest BCUT2D eigenvalue weighted by molar-refractivity contribution is 0.277. The van der Waals surface area contributed by atoms with Crippen molar-refractivity contribution in [3.8, 4) is 0 Å². The van der Waals surface area contributed by atoms with Crippen LogP contribution in [0, 0.1) is 0 Å². The monoisotopic (exact) mass is 202 g/mol. The van der Waals surface area contributed by atoms with Crippen LogP contribution in [0.25, 0.3) is 10.9 Å². The lowest BCUT2D eigenvalue weighted by Crippen LogP contribution is -2.00. The third-order valence-electron chi connectivity index (χ3n) is 2.30. The summed E-state index contributed by atoms with van der Waals surface area (Å²) in [5.74, 6) is 0. The van der Waals surface area contributed by atoms with Gasteiger partial charge in [-0.2, -0.15) is 0 Å². The third-order valence-corrected chi connectivity index (χ3v) is 2.30. The normalized spacial score (nSPS) is 10.5. The van der Waals surface area contributed by atoms with Crippen LogP contribution < -0.4 is 5.32 Å². The molecule has 0 bridgehead atoms. The number of anilines is 1. The van der Waals surface area contributed by atoms with Crippen molar-refractivity contribution in [2.75, 3.05) is 11.9 Å². The summed E-state index contributed by atoms with van der Waals surface area (Å²) in [6.07, 6.45) is 0. The van der Waals surface area contributed by atoms with Crippen molar-refractivity contribution in [2.24, 2.45) is 0 Å². The molecular formula is C12H14N2O. The Labute approximate surface area is 88.8 Å². The van der Waals surface area contributed by atoms with Crippen LogP contribution in [0.1, 0.15) is 12.6 Å². The second kappa shape index (κ2) is 4.28. The van der Waals surface area contributed by atoms with E-state index in [1.807, 2.05) is 37.3 Å². The average Bonchev–Trinajstić information content (AvgIpc) is 2.29. The quantitative estimate of drug-likeness (QED) is 0.801. The summed E-state index contributed by atoms with van der Waals surface area (Å²) in [7, 11) is 0. The number of hydrogen-bond donors (Lipinski definition) is 2. The van der Waals surface area contributed by atoms with Crippen molar-refractivity contribution in [1.82, 2.24) is 4.98 Å². The van der Waals surface area contributed by atoms with Crippen molar-refractivity contribution in [3.05, 3.63) is 36.0 Å². The zero-order valence-electron chi connectivity index (χ0n) is 8.70. The first-order chi connectivity index (χ1) is 7.35. The van der Waals surface area contributed by atoms with E-state index in [2.05, 4.69) is 10.3 Å². The first-order valence-electron chi connectivity index (χ1n) is 5.08. The van der Waals surface area contributed by atoms with Gasteiger partial charge in [0.2, 0.25) is 0 Å². The third kappa shape index (κ3) is 1.92. The van der Waals surface area contributed by atoms with Crippen LogP contribution in [-0.4, -0.2) is 16.6 Å². The van der Waals surface area contributed by atoms with E-state index in [0.29, 0.717) is 5.69 Å². The van der Waals surface area contributed by atoms with Gasteiger partial charge < -0.3 is 10.4 Å². The van der Waals surface area contributed by atoms with E-state index in [1.165, 1.54) is 0 Å². The summed E-state index contributed by atoms with van der Waals surface area (Å²) < 4.78 is 0. The molecule has 1 heterocycles. The molecule has 0 fully saturated rings. The van der Waals surface area contributed by atoms with E-state index in [0.717, 1.165) is 23.1 Å². The molecule has 1 aromatic heterocycles. The largest absolute Gasteiger partial charge is 0.390 e. The molecule has 0 aliphatic heterocycles. The fourth-order valence-corrected chi connectivity index (χ4v) is 1.65. The summed E-state index contributed by atoms with van der Waals surface area (Å²) in [5.41, 5.74) is 2.65. The molecule has 15 heavy (non-hydrogen) atoms. The van der Waals surface area contributed by atoms with Crippen LogP contribution in [-0.2, 0) is 6.61 Å². The van der Waals surface area contributed by atoms with Crippen LogP contribution in [0.2, 0.25) is 0 Å². The predicted octanol–water partition coefficient (Wildman–Crippen LogP) is 2.16. The maximum Gasteiger partial charge on any atom is 0.0854 e. The van der Waals surface area contributed by atoms with Crippen LogP contribution in [0.15, 0.2) is 30.3 Å². The van der Waals surface area contributed by atoms with Gasteiger partial charge in [0, 0.05) is 17.6 Å². The van der Waals surface area contributed by atoms with Gasteiger partial charge in [0.1, 0.15) is 0 Å². The van der Waals surface area contributed by atoms with E-state index >= 15 is 0 Å². The maximum absolute atomic E-state index is 9.10. The van der Waals surface area contributed by atoms with Crippen molar-refractivity contribution in [3.63, 3.8) is 0 Å². The van der Waals surface area contributed by atoms with E-state index in [9.17, 15) is 0 Å². The molecule has 2 rings (SSSR count). The van der Waals surface area contributed by atoms with E-state index in [-0.39, 0.29) is 6.61 Å². The molecule has 0 aliphatic rings. The summed E-state index contributed by atoms with van der Waals surface area (Å²) in [4.78, 5) is 4.35. The number of aliphatic hydroxyl groups is 1. The summed E-state index contributed by atoms with van der Waals surface area (Å²) in [6, 6.07) is 9.82. The van der Waals surface area contributed by atoms with Gasteiger partial charge in [-0.15, -0.1) is 0 Å². The first-order valence-corrected chi connectivity index (χ1v) is 5.08. The van der Waals surface area contributed by atoms with E-state index in [1.54, 1.807) is 0 Å². The van der Waals surface area contributed by atoms with E-state index in [4.69, 9.17) is 5.11 Å². The Kier molecular flexibility index (Phi) is 2.83. The van der Waals surface area contributed by atoms with Gasteiger partial charge in [-0.3, -0.25) is 4.98 Å². The number of rotatable bonds is 3. The summed E-state index contributed by atoms with van der Waals surface area (Å²) >= 11 is 0. The molecule has 0 aliphatic carbocycles. The molecule has 0 saturated heterocycles. The highest BCUT2D eigenvalue weighted by atomic mass is 16.3. The molecule has 1 aromatic carbocycles. The molecule has 2 aromatic rings. The Bertz CT molecular complexity index is 468. The second-order valence-electron chi connectivity index (χ2n) is 3.37. The Morgan fingerprint density at radius 1 is 1.33 bits per heavy atom. The van der Waals surface area contributed by atoms with Crippen molar-refractivity contribution in [2.45, 2.75) is 13.5 Å². The molecule has 0 atom stereocenters. The predicted molar refractivity (Wildman–Crippen MR) is 61.8 cm³/mol. The fraction of sp³-hybridized carbons (Fsp3) is 0.250. The topological polar surface area (TPSA) is 45.1 Å². The number of para-hydroxylation sites is 1. The molecule has 0 unspecified atom stereocenters. The number of fused-ring (bicyclic) bond motifs is 1. The summed E-state index contributed by atoms with van der Waals surface area (Å²) in [6.45, 7) is 2.88. The number of nitrogens with one attached hydrogen (secondary N) is 1. The lowest BCUT2D eigenvalue weighted by atomic mass is 10.1. The molecule has 3 nitrogen and oxygen atoms in total. The summed E-state index contributed by atoms with van der Waals surface area (Å²) in [5, 5.41) is 13.5.